The number of benzene rings is 1. The molecule has 0 saturated carbocycles. The molecule has 0 unspecified atom stereocenters. The molecule has 0 saturated heterocycles. The van der Waals surface area contributed by atoms with Crippen LogP contribution in [0.25, 0.3) is 11.5 Å². The number of hydrogen-bond acceptors (Lipinski definition) is 5. The average molecular weight is 337 g/mol. The molecule has 3 rings (SSSR count). The van der Waals surface area contributed by atoms with Crippen molar-refractivity contribution in [1.29, 1.82) is 0 Å². The topological polar surface area (TPSA) is 92.8 Å². The molecule has 0 aliphatic carbocycles. The second-order valence-electron chi connectivity index (χ2n) is 5.64. The van der Waals surface area contributed by atoms with Crippen LogP contribution in [0.4, 0.5) is 0 Å². The van der Waals surface area contributed by atoms with Crippen LogP contribution < -0.4 is 10.1 Å². The molecule has 0 fully saturated rings. The summed E-state index contributed by atoms with van der Waals surface area (Å²) < 4.78 is 5.14. The molecule has 2 heterocycles. The van der Waals surface area contributed by atoms with Crippen molar-refractivity contribution in [2.75, 3.05) is 7.11 Å². The van der Waals surface area contributed by atoms with Crippen molar-refractivity contribution in [2.24, 2.45) is 0 Å². The molecule has 0 radical (unpaired) electrons. The van der Waals surface area contributed by atoms with Crippen molar-refractivity contribution < 1.29 is 9.53 Å². The van der Waals surface area contributed by atoms with Gasteiger partial charge in [0.05, 0.1) is 18.7 Å². The van der Waals surface area contributed by atoms with Crippen molar-refractivity contribution in [3.63, 3.8) is 0 Å². The Morgan fingerprint density at radius 1 is 1.20 bits per heavy atom. The Morgan fingerprint density at radius 3 is 2.52 bits per heavy atom. The Labute approximate surface area is 145 Å². The van der Waals surface area contributed by atoms with Crippen LogP contribution in [0.1, 0.15) is 34.7 Å². The van der Waals surface area contributed by atoms with Gasteiger partial charge in [-0.25, -0.2) is 4.98 Å². The van der Waals surface area contributed by atoms with Crippen molar-refractivity contribution in [3.8, 4) is 17.3 Å². The van der Waals surface area contributed by atoms with Crippen LogP contribution in [-0.4, -0.2) is 33.2 Å². The fourth-order valence-electron chi connectivity index (χ4n) is 2.37. The lowest BCUT2D eigenvalue weighted by atomic mass is 10.1. The number of aromatic amines is 1. The molecule has 0 bridgehead atoms. The van der Waals surface area contributed by atoms with Gasteiger partial charge in [-0.2, -0.15) is 5.10 Å². The van der Waals surface area contributed by atoms with E-state index >= 15 is 0 Å². The molecule has 0 spiro atoms. The number of H-pyrrole nitrogens is 1. The van der Waals surface area contributed by atoms with E-state index in [1.807, 2.05) is 38.1 Å². The van der Waals surface area contributed by atoms with Crippen LogP contribution in [0, 0.1) is 6.92 Å². The van der Waals surface area contributed by atoms with Gasteiger partial charge in [-0.1, -0.05) is 12.1 Å². The minimum atomic E-state index is -0.187. The van der Waals surface area contributed by atoms with Gasteiger partial charge in [0.25, 0.3) is 5.91 Å². The lowest BCUT2D eigenvalue weighted by Crippen LogP contribution is -2.26. The number of amides is 1. The Hall–Kier alpha value is -3.22. The predicted molar refractivity (Wildman–Crippen MR) is 93.2 cm³/mol. The first-order valence-electron chi connectivity index (χ1n) is 7.87. The van der Waals surface area contributed by atoms with E-state index in [1.165, 1.54) is 6.20 Å². The number of carbonyl (C=O) groups is 1. The number of aryl methyl sites for hydroxylation is 1. The normalized spacial score (nSPS) is 11.8. The molecule has 1 amide bonds. The van der Waals surface area contributed by atoms with Crippen LogP contribution in [0.2, 0.25) is 0 Å². The molecular formula is C18H19N5O2. The Balaban J connectivity index is 1.67. The van der Waals surface area contributed by atoms with Crippen molar-refractivity contribution in [1.82, 2.24) is 25.5 Å². The number of methoxy groups -OCH3 is 1. The van der Waals surface area contributed by atoms with Gasteiger partial charge in [-0.3, -0.25) is 14.9 Å². The lowest BCUT2D eigenvalue weighted by molar-refractivity contribution is 0.0939. The largest absolute Gasteiger partial charge is 0.497 e. The summed E-state index contributed by atoms with van der Waals surface area (Å²) in [6, 6.07) is 10.9. The van der Waals surface area contributed by atoms with Crippen molar-refractivity contribution in [2.45, 2.75) is 19.9 Å². The van der Waals surface area contributed by atoms with Gasteiger partial charge in [-0.05, 0) is 43.7 Å². The van der Waals surface area contributed by atoms with Gasteiger partial charge in [0.2, 0.25) is 0 Å². The van der Waals surface area contributed by atoms with E-state index in [-0.39, 0.29) is 11.9 Å². The summed E-state index contributed by atoms with van der Waals surface area (Å²) in [5.74, 6) is 1.82. The van der Waals surface area contributed by atoms with E-state index < -0.39 is 0 Å². The van der Waals surface area contributed by atoms with Gasteiger partial charge in [0, 0.05) is 6.20 Å². The van der Waals surface area contributed by atoms with E-state index in [1.54, 1.807) is 19.2 Å². The first kappa shape index (κ1) is 16.6. The monoisotopic (exact) mass is 337 g/mol. The predicted octanol–water partition coefficient (Wildman–Crippen LogP) is 2.67. The zero-order valence-electron chi connectivity index (χ0n) is 14.3. The molecular weight excluding hydrogens is 318 g/mol. The molecule has 7 nitrogen and oxygen atoms in total. The second kappa shape index (κ2) is 7.12. The van der Waals surface area contributed by atoms with Crippen LogP contribution in [-0.2, 0) is 0 Å². The number of carbonyl (C=O) groups excluding carboxylic acids is 1. The SMILES string of the molecule is COc1ccc([C@H](C)NC(=O)c2ccc(-c3n[nH]c(C)n3)nc2)cc1. The van der Waals surface area contributed by atoms with E-state index in [4.69, 9.17) is 4.74 Å². The van der Waals surface area contributed by atoms with Crippen molar-refractivity contribution in [3.05, 3.63) is 59.5 Å². The lowest BCUT2D eigenvalue weighted by Gasteiger charge is -2.14. The highest BCUT2D eigenvalue weighted by Crippen LogP contribution is 2.18. The highest BCUT2D eigenvalue weighted by molar-refractivity contribution is 5.94. The Kier molecular flexibility index (Phi) is 4.74. The van der Waals surface area contributed by atoms with Crippen LogP contribution in [0.3, 0.4) is 0 Å². The summed E-state index contributed by atoms with van der Waals surface area (Å²) in [6.07, 6.45) is 1.52. The third-order valence-corrected chi connectivity index (χ3v) is 3.82. The standard InChI is InChI=1S/C18H19N5O2/c1-11(13-4-7-15(25-3)8-5-13)20-18(24)14-6-9-16(19-10-14)17-21-12(2)22-23-17/h4-11H,1-3H3,(H,20,24)(H,21,22,23)/t11-/m0/s1. The third-order valence-electron chi connectivity index (χ3n) is 3.82. The van der Waals surface area contributed by atoms with Crippen molar-refractivity contribution >= 4 is 5.91 Å². The third kappa shape index (κ3) is 3.82. The quantitative estimate of drug-likeness (QED) is 0.747. The van der Waals surface area contributed by atoms with Crippen LogP contribution >= 0.6 is 0 Å². The number of pyridine rings is 1. The number of aromatic nitrogens is 4. The van der Waals surface area contributed by atoms with E-state index in [0.717, 1.165) is 11.3 Å². The molecule has 2 N–H and O–H groups in total. The molecule has 0 aliphatic heterocycles. The number of hydrogen-bond donors (Lipinski definition) is 2. The van der Waals surface area contributed by atoms with Gasteiger partial charge >= 0.3 is 0 Å². The number of nitrogens with zero attached hydrogens (tertiary/aromatic N) is 3. The van der Waals surface area contributed by atoms with Gasteiger partial charge < -0.3 is 10.1 Å². The summed E-state index contributed by atoms with van der Waals surface area (Å²) in [5.41, 5.74) is 2.09. The maximum absolute atomic E-state index is 12.4. The van der Waals surface area contributed by atoms with Gasteiger partial charge in [-0.15, -0.1) is 0 Å². The molecule has 25 heavy (non-hydrogen) atoms. The fraction of sp³-hybridized carbons (Fsp3) is 0.222. The Bertz CT molecular complexity index is 856. The van der Waals surface area contributed by atoms with E-state index in [9.17, 15) is 4.79 Å². The molecule has 1 aromatic carbocycles. The molecule has 0 aliphatic rings. The zero-order valence-corrected chi connectivity index (χ0v) is 14.3. The molecule has 128 valence electrons. The van der Waals surface area contributed by atoms with Gasteiger partial charge in [0.15, 0.2) is 5.82 Å². The Morgan fingerprint density at radius 2 is 1.96 bits per heavy atom. The summed E-state index contributed by atoms with van der Waals surface area (Å²) >= 11 is 0. The first-order chi connectivity index (χ1) is 12.1. The summed E-state index contributed by atoms with van der Waals surface area (Å²) in [4.78, 5) is 20.9. The summed E-state index contributed by atoms with van der Waals surface area (Å²) in [6.45, 7) is 3.75. The zero-order chi connectivity index (χ0) is 17.8. The molecule has 1 atom stereocenters. The average Bonchev–Trinajstić information content (AvgIpc) is 3.08. The highest BCUT2D eigenvalue weighted by atomic mass is 16.5. The minimum absolute atomic E-state index is 0.131. The van der Waals surface area contributed by atoms with E-state index in [0.29, 0.717) is 22.9 Å². The maximum atomic E-state index is 12.4. The van der Waals surface area contributed by atoms with Crippen LogP contribution in [0.15, 0.2) is 42.6 Å². The number of nitrogens with one attached hydrogen (secondary N) is 2. The maximum Gasteiger partial charge on any atom is 0.253 e. The smallest absolute Gasteiger partial charge is 0.253 e. The summed E-state index contributed by atoms with van der Waals surface area (Å²) in [7, 11) is 1.62. The van der Waals surface area contributed by atoms with E-state index in [2.05, 4.69) is 25.5 Å². The van der Waals surface area contributed by atoms with Gasteiger partial charge in [0.1, 0.15) is 17.3 Å². The number of ether oxygens (including phenoxy) is 1. The molecule has 2 aromatic heterocycles. The first-order valence-corrected chi connectivity index (χ1v) is 7.87. The fourth-order valence-corrected chi connectivity index (χ4v) is 2.37. The highest BCUT2D eigenvalue weighted by Gasteiger charge is 2.13. The van der Waals surface area contributed by atoms with Crippen LogP contribution in [0.5, 0.6) is 5.75 Å². The minimum Gasteiger partial charge on any atom is -0.497 e. The molecule has 7 heteroatoms. The second-order valence-corrected chi connectivity index (χ2v) is 5.64. The molecule has 3 aromatic rings. The number of rotatable bonds is 5. The summed E-state index contributed by atoms with van der Waals surface area (Å²) in [5, 5.41) is 9.78.